The number of hydrogen-bond donors (Lipinski definition) is 0. The number of benzene rings is 2. The first-order chi connectivity index (χ1) is 11.4. The fourth-order valence-electron chi connectivity index (χ4n) is 2.97. The number of carbonyl (C=O) groups excluding carboxylic acids is 1. The Bertz CT molecular complexity index is 836. The first kappa shape index (κ1) is 17.0. The van der Waals surface area contributed by atoms with E-state index >= 15 is 0 Å². The van der Waals surface area contributed by atoms with Gasteiger partial charge in [0.2, 0.25) is 0 Å². The topological polar surface area (TPSA) is 54.5 Å². The van der Waals surface area contributed by atoms with Crippen molar-refractivity contribution in [3.05, 3.63) is 70.7 Å². The molecule has 1 saturated heterocycles. The fourth-order valence-corrected chi connectivity index (χ4v) is 4.91. The van der Waals surface area contributed by atoms with Gasteiger partial charge in [-0.2, -0.15) is 0 Å². The van der Waals surface area contributed by atoms with E-state index in [1.807, 2.05) is 18.2 Å². The van der Waals surface area contributed by atoms with Crippen LogP contribution in [0.5, 0.6) is 0 Å². The third kappa shape index (κ3) is 3.97. The maximum absolute atomic E-state index is 12.9. The van der Waals surface area contributed by atoms with Gasteiger partial charge in [0.25, 0.3) is 5.91 Å². The third-order valence-corrected chi connectivity index (χ3v) is 6.16. The van der Waals surface area contributed by atoms with Crippen molar-refractivity contribution in [2.45, 2.75) is 19.0 Å². The van der Waals surface area contributed by atoms with Crippen molar-refractivity contribution >= 4 is 27.3 Å². The van der Waals surface area contributed by atoms with Gasteiger partial charge in [0.1, 0.15) is 0 Å². The van der Waals surface area contributed by atoms with Crippen molar-refractivity contribution in [1.29, 1.82) is 0 Å². The van der Waals surface area contributed by atoms with Gasteiger partial charge in [0.15, 0.2) is 9.84 Å². The summed E-state index contributed by atoms with van der Waals surface area (Å²) in [4.78, 5) is 14.6. The smallest absolute Gasteiger partial charge is 0.254 e. The van der Waals surface area contributed by atoms with Crippen molar-refractivity contribution < 1.29 is 13.2 Å². The largest absolute Gasteiger partial charge is 0.330 e. The zero-order chi connectivity index (χ0) is 17.2. The van der Waals surface area contributed by atoms with Crippen LogP contribution < -0.4 is 0 Å². The standard InChI is InChI=1S/C18H18ClNO3S/c19-16-8-4-5-14(11-16)12-20(17-9-10-24(22,23)13-17)18(21)15-6-2-1-3-7-15/h1-8,11,17H,9-10,12-13H2/t17-/m1/s1. The average molecular weight is 364 g/mol. The van der Waals surface area contributed by atoms with Gasteiger partial charge < -0.3 is 4.90 Å². The predicted molar refractivity (Wildman–Crippen MR) is 94.8 cm³/mol. The van der Waals surface area contributed by atoms with E-state index in [1.165, 1.54) is 0 Å². The maximum atomic E-state index is 12.9. The van der Waals surface area contributed by atoms with Crippen molar-refractivity contribution in [3.8, 4) is 0 Å². The Morgan fingerprint density at radius 3 is 2.50 bits per heavy atom. The lowest BCUT2D eigenvalue weighted by Crippen LogP contribution is -2.40. The molecule has 2 aromatic carbocycles. The highest BCUT2D eigenvalue weighted by Gasteiger charge is 2.35. The monoisotopic (exact) mass is 363 g/mol. The van der Waals surface area contributed by atoms with E-state index in [4.69, 9.17) is 11.6 Å². The first-order valence-corrected chi connectivity index (χ1v) is 9.95. The minimum absolute atomic E-state index is 0.0200. The molecule has 1 aliphatic rings. The molecule has 6 heteroatoms. The molecule has 0 radical (unpaired) electrons. The highest BCUT2D eigenvalue weighted by molar-refractivity contribution is 7.91. The van der Waals surface area contributed by atoms with E-state index < -0.39 is 9.84 Å². The van der Waals surface area contributed by atoms with E-state index in [0.29, 0.717) is 23.6 Å². The van der Waals surface area contributed by atoms with Crippen LogP contribution in [0.2, 0.25) is 5.02 Å². The molecule has 0 N–H and O–H groups in total. The highest BCUT2D eigenvalue weighted by Crippen LogP contribution is 2.23. The van der Waals surface area contributed by atoms with Gasteiger partial charge in [-0.15, -0.1) is 0 Å². The maximum Gasteiger partial charge on any atom is 0.254 e. The molecular weight excluding hydrogens is 346 g/mol. The molecule has 3 rings (SSSR count). The molecule has 24 heavy (non-hydrogen) atoms. The fraction of sp³-hybridized carbons (Fsp3) is 0.278. The van der Waals surface area contributed by atoms with Gasteiger partial charge in [0.05, 0.1) is 11.5 Å². The SMILES string of the molecule is O=C(c1ccccc1)N(Cc1cccc(Cl)c1)[C@@H]1CCS(=O)(=O)C1. The molecule has 0 saturated carbocycles. The Balaban J connectivity index is 1.90. The summed E-state index contributed by atoms with van der Waals surface area (Å²) in [6, 6.07) is 15.9. The van der Waals surface area contributed by atoms with Crippen LogP contribution in [0.3, 0.4) is 0 Å². The lowest BCUT2D eigenvalue weighted by Gasteiger charge is -2.28. The van der Waals surface area contributed by atoms with Crippen molar-refractivity contribution in [3.63, 3.8) is 0 Å². The normalized spacial score (nSPS) is 19.1. The van der Waals surface area contributed by atoms with Crippen LogP contribution >= 0.6 is 11.6 Å². The van der Waals surface area contributed by atoms with Gasteiger partial charge in [-0.3, -0.25) is 4.79 Å². The first-order valence-electron chi connectivity index (χ1n) is 7.75. The van der Waals surface area contributed by atoms with Gasteiger partial charge in [-0.1, -0.05) is 41.9 Å². The molecule has 0 spiro atoms. The van der Waals surface area contributed by atoms with Gasteiger partial charge >= 0.3 is 0 Å². The third-order valence-electron chi connectivity index (χ3n) is 4.17. The van der Waals surface area contributed by atoms with Crippen LogP contribution in [0.25, 0.3) is 0 Å². The highest BCUT2D eigenvalue weighted by atomic mass is 35.5. The van der Waals surface area contributed by atoms with E-state index in [-0.39, 0.29) is 23.5 Å². The molecule has 2 aromatic rings. The minimum Gasteiger partial charge on any atom is -0.330 e. The molecule has 0 aromatic heterocycles. The molecule has 126 valence electrons. The number of hydrogen-bond acceptors (Lipinski definition) is 3. The number of carbonyl (C=O) groups is 1. The lowest BCUT2D eigenvalue weighted by atomic mass is 10.1. The second-order valence-corrected chi connectivity index (χ2v) is 8.65. The number of amides is 1. The summed E-state index contributed by atoms with van der Waals surface area (Å²) in [5, 5.41) is 0.596. The van der Waals surface area contributed by atoms with Crippen LogP contribution in [-0.4, -0.2) is 36.8 Å². The van der Waals surface area contributed by atoms with Crippen molar-refractivity contribution in [1.82, 2.24) is 4.90 Å². The molecule has 0 aliphatic carbocycles. The Kier molecular flexibility index (Phi) is 4.92. The quantitative estimate of drug-likeness (QED) is 0.838. The van der Waals surface area contributed by atoms with E-state index in [9.17, 15) is 13.2 Å². The van der Waals surface area contributed by atoms with Gasteiger partial charge in [-0.05, 0) is 36.2 Å². The van der Waals surface area contributed by atoms with Gasteiger partial charge in [-0.25, -0.2) is 8.42 Å². The zero-order valence-corrected chi connectivity index (χ0v) is 14.6. The van der Waals surface area contributed by atoms with Crippen molar-refractivity contribution in [2.75, 3.05) is 11.5 Å². The molecule has 0 unspecified atom stereocenters. The van der Waals surface area contributed by atoms with Crippen LogP contribution in [0, 0.1) is 0 Å². The summed E-state index contributed by atoms with van der Waals surface area (Å²) >= 11 is 6.03. The summed E-state index contributed by atoms with van der Waals surface area (Å²) in [6.45, 7) is 0.342. The average Bonchev–Trinajstić information content (AvgIpc) is 2.93. The zero-order valence-electron chi connectivity index (χ0n) is 13.1. The summed E-state index contributed by atoms with van der Waals surface area (Å²) in [6.07, 6.45) is 0.474. The molecule has 1 amide bonds. The van der Waals surface area contributed by atoms with Crippen LogP contribution in [0.4, 0.5) is 0 Å². The lowest BCUT2D eigenvalue weighted by molar-refractivity contribution is 0.0681. The summed E-state index contributed by atoms with van der Waals surface area (Å²) in [7, 11) is -3.08. The Hall–Kier alpha value is -1.85. The predicted octanol–water partition coefficient (Wildman–Crippen LogP) is 3.17. The molecule has 1 fully saturated rings. The molecular formula is C18H18ClNO3S. The Labute approximate surface area is 147 Å². The molecule has 1 heterocycles. The van der Waals surface area contributed by atoms with Gasteiger partial charge in [0, 0.05) is 23.2 Å². The molecule has 0 bridgehead atoms. The Morgan fingerprint density at radius 2 is 1.88 bits per heavy atom. The second kappa shape index (κ2) is 6.95. The van der Waals surface area contributed by atoms with Crippen LogP contribution in [-0.2, 0) is 16.4 Å². The molecule has 4 nitrogen and oxygen atoms in total. The summed E-state index contributed by atoms with van der Waals surface area (Å²) in [5.41, 5.74) is 1.44. The van der Waals surface area contributed by atoms with E-state index in [0.717, 1.165) is 5.56 Å². The minimum atomic E-state index is -3.08. The number of nitrogens with zero attached hydrogens (tertiary/aromatic N) is 1. The summed E-state index contributed by atoms with van der Waals surface area (Å²) in [5.74, 6) is -0.00421. The molecule has 1 aliphatic heterocycles. The molecule has 1 atom stereocenters. The van der Waals surface area contributed by atoms with Crippen LogP contribution in [0.15, 0.2) is 54.6 Å². The number of halogens is 1. The van der Waals surface area contributed by atoms with E-state index in [2.05, 4.69) is 0 Å². The Morgan fingerprint density at radius 1 is 1.12 bits per heavy atom. The van der Waals surface area contributed by atoms with Crippen molar-refractivity contribution in [2.24, 2.45) is 0 Å². The number of sulfone groups is 1. The summed E-state index contributed by atoms with van der Waals surface area (Å²) < 4.78 is 23.7. The second-order valence-electron chi connectivity index (χ2n) is 5.99. The van der Waals surface area contributed by atoms with Crippen LogP contribution in [0.1, 0.15) is 22.3 Å². The van der Waals surface area contributed by atoms with E-state index in [1.54, 1.807) is 41.3 Å². The number of rotatable bonds is 4.